The van der Waals surface area contributed by atoms with Crippen LogP contribution in [0.3, 0.4) is 0 Å². The second-order valence-electron chi connectivity index (χ2n) is 4.04. The second kappa shape index (κ2) is 6.25. The molecule has 0 saturated carbocycles. The molecular weight excluding hydrogens is 280 g/mol. The number of methoxy groups -OCH3 is 1. The van der Waals surface area contributed by atoms with Crippen LogP contribution in [0.1, 0.15) is 0 Å². The van der Waals surface area contributed by atoms with Crippen LogP contribution in [0.5, 0.6) is 5.75 Å². The summed E-state index contributed by atoms with van der Waals surface area (Å²) in [5.41, 5.74) is 0.152. The molecule has 1 N–H and O–H groups in total. The molecular formula is C14H13ClN2O3. The van der Waals surface area contributed by atoms with E-state index in [1.165, 1.54) is 17.9 Å². The Balaban J connectivity index is 2.13. The molecule has 0 saturated heterocycles. The lowest BCUT2D eigenvalue weighted by molar-refractivity contribution is -0.116. The van der Waals surface area contributed by atoms with Gasteiger partial charge < -0.3 is 14.6 Å². The predicted molar refractivity (Wildman–Crippen MR) is 77.3 cm³/mol. The van der Waals surface area contributed by atoms with Crippen LogP contribution >= 0.6 is 11.6 Å². The molecule has 0 fully saturated rings. The third-order valence-corrected chi connectivity index (χ3v) is 3.00. The smallest absolute Gasteiger partial charge is 0.293 e. The first-order chi connectivity index (χ1) is 9.61. The number of pyridine rings is 1. The summed E-state index contributed by atoms with van der Waals surface area (Å²) in [6.45, 7) is -0.110. The van der Waals surface area contributed by atoms with E-state index in [0.29, 0.717) is 10.7 Å². The van der Waals surface area contributed by atoms with Crippen LogP contribution in [0.25, 0.3) is 0 Å². The number of nitrogens with one attached hydrogen (secondary N) is 1. The van der Waals surface area contributed by atoms with E-state index in [0.717, 1.165) is 0 Å². The van der Waals surface area contributed by atoms with Gasteiger partial charge in [-0.05, 0) is 24.3 Å². The van der Waals surface area contributed by atoms with E-state index in [-0.39, 0.29) is 23.8 Å². The number of carbonyl (C=O) groups excluding carboxylic acids is 1. The quantitative estimate of drug-likeness (QED) is 0.939. The molecule has 5 nitrogen and oxygen atoms in total. The lowest BCUT2D eigenvalue weighted by Gasteiger charge is -2.09. The SMILES string of the molecule is COc1cccn(CC(=O)Nc2ccccc2Cl)c1=O. The van der Waals surface area contributed by atoms with Gasteiger partial charge in [0.25, 0.3) is 5.56 Å². The average molecular weight is 293 g/mol. The largest absolute Gasteiger partial charge is 0.491 e. The first kappa shape index (κ1) is 14.1. The maximum absolute atomic E-state index is 11.9. The number of amides is 1. The van der Waals surface area contributed by atoms with E-state index < -0.39 is 0 Å². The molecule has 0 aliphatic carbocycles. The van der Waals surface area contributed by atoms with Crippen molar-refractivity contribution in [1.29, 1.82) is 0 Å². The van der Waals surface area contributed by atoms with Gasteiger partial charge in [-0.3, -0.25) is 9.59 Å². The van der Waals surface area contributed by atoms with Crippen molar-refractivity contribution in [2.75, 3.05) is 12.4 Å². The van der Waals surface area contributed by atoms with Crippen LogP contribution in [0.4, 0.5) is 5.69 Å². The zero-order valence-electron chi connectivity index (χ0n) is 10.8. The summed E-state index contributed by atoms with van der Waals surface area (Å²) in [6.07, 6.45) is 1.52. The summed E-state index contributed by atoms with van der Waals surface area (Å²) in [6, 6.07) is 10.1. The zero-order chi connectivity index (χ0) is 14.5. The molecule has 2 rings (SSSR count). The highest BCUT2D eigenvalue weighted by atomic mass is 35.5. The molecule has 104 valence electrons. The molecule has 0 bridgehead atoms. The van der Waals surface area contributed by atoms with Gasteiger partial charge in [-0.2, -0.15) is 0 Å². The van der Waals surface area contributed by atoms with Gasteiger partial charge in [-0.15, -0.1) is 0 Å². The molecule has 1 aromatic carbocycles. The van der Waals surface area contributed by atoms with Crippen LogP contribution < -0.4 is 15.6 Å². The second-order valence-corrected chi connectivity index (χ2v) is 4.44. The van der Waals surface area contributed by atoms with E-state index in [4.69, 9.17) is 16.3 Å². The average Bonchev–Trinajstić information content (AvgIpc) is 2.44. The van der Waals surface area contributed by atoms with E-state index >= 15 is 0 Å². The minimum atomic E-state index is -0.357. The molecule has 0 aliphatic heterocycles. The molecule has 1 aromatic heterocycles. The van der Waals surface area contributed by atoms with Crippen molar-refractivity contribution in [2.24, 2.45) is 0 Å². The molecule has 0 atom stereocenters. The Morgan fingerprint density at radius 2 is 2.05 bits per heavy atom. The fourth-order valence-corrected chi connectivity index (χ4v) is 1.88. The number of aromatic nitrogens is 1. The van der Waals surface area contributed by atoms with Crippen molar-refractivity contribution in [3.8, 4) is 5.75 Å². The summed E-state index contributed by atoms with van der Waals surface area (Å²) in [7, 11) is 1.41. The van der Waals surface area contributed by atoms with Crippen molar-refractivity contribution < 1.29 is 9.53 Å². The standard InChI is InChI=1S/C14H13ClN2O3/c1-20-12-7-4-8-17(14(12)19)9-13(18)16-11-6-3-2-5-10(11)15/h2-8H,9H2,1H3,(H,16,18). The Kier molecular flexibility index (Phi) is 4.42. The Hall–Kier alpha value is -2.27. The lowest BCUT2D eigenvalue weighted by Crippen LogP contribution is -2.27. The number of carbonyl (C=O) groups is 1. The minimum absolute atomic E-state index is 0.110. The Bertz CT molecular complexity index is 682. The number of hydrogen-bond donors (Lipinski definition) is 1. The van der Waals surface area contributed by atoms with E-state index in [9.17, 15) is 9.59 Å². The molecule has 0 spiro atoms. The fraction of sp³-hybridized carbons (Fsp3) is 0.143. The Labute approximate surface area is 120 Å². The van der Waals surface area contributed by atoms with Gasteiger partial charge in [-0.1, -0.05) is 23.7 Å². The number of rotatable bonds is 4. The maximum Gasteiger partial charge on any atom is 0.293 e. The molecule has 0 unspecified atom stereocenters. The summed E-state index contributed by atoms with van der Waals surface area (Å²) in [4.78, 5) is 23.8. The van der Waals surface area contributed by atoms with Crippen LogP contribution in [0.15, 0.2) is 47.4 Å². The van der Waals surface area contributed by atoms with Crippen LogP contribution in [0.2, 0.25) is 5.02 Å². The van der Waals surface area contributed by atoms with Crippen LogP contribution in [0, 0.1) is 0 Å². The first-order valence-corrected chi connectivity index (χ1v) is 6.27. The van der Waals surface area contributed by atoms with Gasteiger partial charge in [0.15, 0.2) is 5.75 Å². The third kappa shape index (κ3) is 3.19. The highest BCUT2D eigenvalue weighted by Gasteiger charge is 2.09. The highest BCUT2D eigenvalue weighted by molar-refractivity contribution is 6.33. The highest BCUT2D eigenvalue weighted by Crippen LogP contribution is 2.20. The molecule has 0 aliphatic rings. The van der Waals surface area contributed by atoms with Gasteiger partial charge >= 0.3 is 0 Å². The third-order valence-electron chi connectivity index (χ3n) is 2.67. The number of anilines is 1. The molecule has 20 heavy (non-hydrogen) atoms. The van der Waals surface area contributed by atoms with Crippen molar-refractivity contribution in [1.82, 2.24) is 4.57 Å². The van der Waals surface area contributed by atoms with Gasteiger partial charge in [0.2, 0.25) is 5.91 Å². The number of hydrogen-bond acceptors (Lipinski definition) is 3. The fourth-order valence-electron chi connectivity index (χ4n) is 1.70. The van der Waals surface area contributed by atoms with Crippen LogP contribution in [-0.4, -0.2) is 17.6 Å². The summed E-state index contributed by atoms with van der Waals surface area (Å²) in [5.74, 6) is -0.147. The monoisotopic (exact) mass is 292 g/mol. The minimum Gasteiger partial charge on any atom is -0.491 e. The summed E-state index contributed by atoms with van der Waals surface area (Å²) < 4.78 is 6.19. The van der Waals surface area contributed by atoms with E-state index in [1.807, 2.05) is 0 Å². The van der Waals surface area contributed by atoms with Gasteiger partial charge in [0.1, 0.15) is 6.54 Å². The molecule has 6 heteroatoms. The Morgan fingerprint density at radius 1 is 1.30 bits per heavy atom. The molecule has 1 amide bonds. The molecule has 1 heterocycles. The summed E-state index contributed by atoms with van der Waals surface area (Å²) in [5, 5.41) is 3.10. The van der Waals surface area contributed by atoms with Crippen molar-refractivity contribution in [2.45, 2.75) is 6.54 Å². The van der Waals surface area contributed by atoms with Crippen molar-refractivity contribution in [3.05, 3.63) is 58.0 Å². The van der Waals surface area contributed by atoms with Crippen LogP contribution in [-0.2, 0) is 11.3 Å². The van der Waals surface area contributed by atoms with E-state index in [2.05, 4.69) is 5.32 Å². The number of ether oxygens (including phenoxy) is 1. The van der Waals surface area contributed by atoms with Gasteiger partial charge in [0.05, 0.1) is 17.8 Å². The van der Waals surface area contributed by atoms with E-state index in [1.54, 1.807) is 36.4 Å². The number of para-hydroxylation sites is 1. The zero-order valence-corrected chi connectivity index (χ0v) is 11.6. The summed E-state index contributed by atoms with van der Waals surface area (Å²) >= 11 is 5.95. The lowest BCUT2D eigenvalue weighted by atomic mass is 10.3. The topological polar surface area (TPSA) is 60.3 Å². The Morgan fingerprint density at radius 3 is 2.75 bits per heavy atom. The van der Waals surface area contributed by atoms with Gasteiger partial charge in [-0.25, -0.2) is 0 Å². The number of nitrogens with zero attached hydrogens (tertiary/aromatic N) is 1. The first-order valence-electron chi connectivity index (χ1n) is 5.89. The number of halogens is 1. The predicted octanol–water partition coefficient (Wildman–Crippen LogP) is 2.15. The maximum atomic E-state index is 11.9. The molecule has 0 radical (unpaired) electrons. The van der Waals surface area contributed by atoms with Crippen molar-refractivity contribution in [3.63, 3.8) is 0 Å². The van der Waals surface area contributed by atoms with Gasteiger partial charge in [0, 0.05) is 6.20 Å². The molecule has 2 aromatic rings. The van der Waals surface area contributed by atoms with Crippen molar-refractivity contribution >= 4 is 23.2 Å². The number of benzene rings is 1. The normalized spacial score (nSPS) is 10.1.